The van der Waals surface area contributed by atoms with Gasteiger partial charge in [-0.05, 0) is 43.5 Å². The monoisotopic (exact) mass is 325 g/mol. The first-order chi connectivity index (χ1) is 11.6. The van der Waals surface area contributed by atoms with Gasteiger partial charge >= 0.3 is 0 Å². The number of rotatable bonds is 8. The van der Waals surface area contributed by atoms with Gasteiger partial charge < -0.3 is 10.1 Å². The standard InChI is InChI=1S/C21H27NO2/c1-4-5-6-9-15-24-19-14-8-7-13-18(19)21(23)22-20-16(2)11-10-12-17(20)3/h7-8,10-14H,4-6,9,15H2,1-3H3,(H,22,23). The number of benzene rings is 2. The van der Waals surface area contributed by atoms with Gasteiger partial charge in [-0.15, -0.1) is 0 Å². The molecular formula is C21H27NO2. The summed E-state index contributed by atoms with van der Waals surface area (Å²) in [6.07, 6.45) is 4.60. The lowest BCUT2D eigenvalue weighted by Gasteiger charge is -2.14. The van der Waals surface area contributed by atoms with Gasteiger partial charge in [-0.1, -0.05) is 56.5 Å². The van der Waals surface area contributed by atoms with Crippen LogP contribution in [0.1, 0.15) is 54.1 Å². The minimum absolute atomic E-state index is 0.128. The summed E-state index contributed by atoms with van der Waals surface area (Å²) in [7, 11) is 0. The molecule has 0 saturated heterocycles. The number of para-hydroxylation sites is 2. The van der Waals surface area contributed by atoms with Crippen LogP contribution < -0.4 is 10.1 Å². The second-order valence-corrected chi connectivity index (χ2v) is 6.13. The Bertz CT molecular complexity index is 659. The molecule has 0 aliphatic rings. The lowest BCUT2D eigenvalue weighted by molar-refractivity contribution is 0.102. The number of nitrogens with one attached hydrogen (secondary N) is 1. The zero-order valence-electron chi connectivity index (χ0n) is 14.9. The first-order valence-electron chi connectivity index (χ1n) is 8.73. The fourth-order valence-electron chi connectivity index (χ4n) is 2.68. The molecule has 1 N–H and O–H groups in total. The van der Waals surface area contributed by atoms with E-state index in [0.717, 1.165) is 29.7 Å². The third-order valence-electron chi connectivity index (χ3n) is 4.11. The minimum Gasteiger partial charge on any atom is -0.493 e. The van der Waals surface area contributed by atoms with E-state index in [9.17, 15) is 4.79 Å². The average Bonchev–Trinajstić information content (AvgIpc) is 2.58. The van der Waals surface area contributed by atoms with Crippen molar-refractivity contribution >= 4 is 11.6 Å². The van der Waals surface area contributed by atoms with Crippen LogP contribution in [0.4, 0.5) is 5.69 Å². The molecule has 0 spiro atoms. The molecule has 0 radical (unpaired) electrons. The van der Waals surface area contributed by atoms with Crippen molar-refractivity contribution in [3.8, 4) is 5.75 Å². The molecule has 3 nitrogen and oxygen atoms in total. The number of amides is 1. The molecule has 0 unspecified atom stereocenters. The fraction of sp³-hybridized carbons (Fsp3) is 0.381. The maximum Gasteiger partial charge on any atom is 0.259 e. The average molecular weight is 325 g/mol. The normalized spacial score (nSPS) is 10.5. The van der Waals surface area contributed by atoms with Gasteiger partial charge in [0.15, 0.2) is 0 Å². The van der Waals surface area contributed by atoms with Crippen LogP contribution in [0.15, 0.2) is 42.5 Å². The lowest BCUT2D eigenvalue weighted by Crippen LogP contribution is -2.15. The van der Waals surface area contributed by atoms with Crippen molar-refractivity contribution in [1.82, 2.24) is 0 Å². The molecule has 0 heterocycles. The van der Waals surface area contributed by atoms with E-state index < -0.39 is 0 Å². The molecule has 3 heteroatoms. The van der Waals surface area contributed by atoms with Gasteiger partial charge in [0.2, 0.25) is 0 Å². The largest absolute Gasteiger partial charge is 0.493 e. The molecule has 0 saturated carbocycles. The quantitative estimate of drug-likeness (QED) is 0.649. The first-order valence-corrected chi connectivity index (χ1v) is 8.73. The fourth-order valence-corrected chi connectivity index (χ4v) is 2.68. The van der Waals surface area contributed by atoms with Crippen molar-refractivity contribution in [2.75, 3.05) is 11.9 Å². The Morgan fingerprint density at radius 1 is 0.958 bits per heavy atom. The molecule has 0 aliphatic carbocycles. The van der Waals surface area contributed by atoms with Gasteiger partial charge in [0, 0.05) is 5.69 Å². The highest BCUT2D eigenvalue weighted by molar-refractivity contribution is 6.06. The van der Waals surface area contributed by atoms with Crippen molar-refractivity contribution in [2.24, 2.45) is 0 Å². The lowest BCUT2D eigenvalue weighted by atomic mass is 10.1. The summed E-state index contributed by atoms with van der Waals surface area (Å²) in [4.78, 5) is 12.7. The number of ether oxygens (including phenoxy) is 1. The van der Waals surface area contributed by atoms with Crippen LogP contribution in [-0.4, -0.2) is 12.5 Å². The Balaban J connectivity index is 2.07. The van der Waals surface area contributed by atoms with E-state index in [1.807, 2.05) is 56.3 Å². The zero-order valence-corrected chi connectivity index (χ0v) is 14.9. The van der Waals surface area contributed by atoms with Crippen LogP contribution in [0.5, 0.6) is 5.75 Å². The Kier molecular flexibility index (Phi) is 6.86. The third-order valence-corrected chi connectivity index (χ3v) is 4.11. The van der Waals surface area contributed by atoms with E-state index >= 15 is 0 Å². The second-order valence-electron chi connectivity index (χ2n) is 6.13. The van der Waals surface area contributed by atoms with Crippen molar-refractivity contribution in [3.05, 3.63) is 59.2 Å². The summed E-state index contributed by atoms with van der Waals surface area (Å²) in [5, 5.41) is 3.03. The molecule has 0 bridgehead atoms. The second kappa shape index (κ2) is 9.11. The molecule has 2 aromatic rings. The van der Waals surface area contributed by atoms with Gasteiger partial charge in [-0.25, -0.2) is 0 Å². The Labute approximate surface area is 145 Å². The zero-order chi connectivity index (χ0) is 17.4. The highest BCUT2D eigenvalue weighted by Gasteiger charge is 2.14. The van der Waals surface area contributed by atoms with Crippen molar-refractivity contribution in [3.63, 3.8) is 0 Å². The van der Waals surface area contributed by atoms with E-state index in [-0.39, 0.29) is 5.91 Å². The van der Waals surface area contributed by atoms with Crippen LogP contribution in [0.25, 0.3) is 0 Å². The third kappa shape index (κ3) is 4.85. The topological polar surface area (TPSA) is 38.3 Å². The van der Waals surface area contributed by atoms with Crippen molar-refractivity contribution < 1.29 is 9.53 Å². The summed E-state index contributed by atoms with van der Waals surface area (Å²) in [6.45, 7) is 6.83. The molecule has 0 aliphatic heterocycles. The van der Waals surface area contributed by atoms with Crippen LogP contribution in [0, 0.1) is 13.8 Å². The van der Waals surface area contributed by atoms with E-state index in [0.29, 0.717) is 17.9 Å². The Morgan fingerprint density at radius 3 is 2.38 bits per heavy atom. The van der Waals surface area contributed by atoms with E-state index in [1.54, 1.807) is 0 Å². The van der Waals surface area contributed by atoms with Crippen LogP contribution in [0.2, 0.25) is 0 Å². The number of hydrogen-bond donors (Lipinski definition) is 1. The molecule has 0 aromatic heterocycles. The Morgan fingerprint density at radius 2 is 1.67 bits per heavy atom. The summed E-state index contributed by atoms with van der Waals surface area (Å²) in [5.74, 6) is 0.522. The molecule has 2 rings (SSSR count). The van der Waals surface area contributed by atoms with E-state index in [1.165, 1.54) is 12.8 Å². The molecule has 2 aromatic carbocycles. The predicted octanol–water partition coefficient (Wildman–Crippen LogP) is 5.51. The maximum atomic E-state index is 12.7. The van der Waals surface area contributed by atoms with E-state index in [4.69, 9.17) is 4.74 Å². The summed E-state index contributed by atoms with van der Waals surface area (Å²) in [5.41, 5.74) is 3.57. The summed E-state index contributed by atoms with van der Waals surface area (Å²) in [6, 6.07) is 13.4. The van der Waals surface area contributed by atoms with Crippen LogP contribution >= 0.6 is 0 Å². The number of aryl methyl sites for hydroxylation is 2. The smallest absolute Gasteiger partial charge is 0.259 e. The maximum absolute atomic E-state index is 12.7. The number of carbonyl (C=O) groups is 1. The number of hydrogen-bond acceptors (Lipinski definition) is 2. The molecule has 1 amide bonds. The van der Waals surface area contributed by atoms with Gasteiger partial charge in [0.1, 0.15) is 5.75 Å². The van der Waals surface area contributed by atoms with Gasteiger partial charge in [-0.2, -0.15) is 0 Å². The van der Waals surface area contributed by atoms with E-state index in [2.05, 4.69) is 12.2 Å². The predicted molar refractivity (Wildman–Crippen MR) is 99.9 cm³/mol. The minimum atomic E-state index is -0.128. The van der Waals surface area contributed by atoms with Gasteiger partial charge in [0.25, 0.3) is 5.91 Å². The summed E-state index contributed by atoms with van der Waals surface area (Å²) >= 11 is 0. The SMILES string of the molecule is CCCCCCOc1ccccc1C(=O)Nc1c(C)cccc1C. The molecule has 0 fully saturated rings. The molecular weight excluding hydrogens is 298 g/mol. The number of anilines is 1. The molecule has 24 heavy (non-hydrogen) atoms. The summed E-state index contributed by atoms with van der Waals surface area (Å²) < 4.78 is 5.84. The Hall–Kier alpha value is -2.29. The van der Waals surface area contributed by atoms with Crippen LogP contribution in [0.3, 0.4) is 0 Å². The van der Waals surface area contributed by atoms with Gasteiger partial charge in [-0.3, -0.25) is 4.79 Å². The van der Waals surface area contributed by atoms with Crippen LogP contribution in [-0.2, 0) is 0 Å². The number of carbonyl (C=O) groups excluding carboxylic acids is 1. The first kappa shape index (κ1) is 18.1. The highest BCUT2D eigenvalue weighted by Crippen LogP contribution is 2.23. The number of unbranched alkanes of at least 4 members (excludes halogenated alkanes) is 3. The highest BCUT2D eigenvalue weighted by atomic mass is 16.5. The van der Waals surface area contributed by atoms with Gasteiger partial charge in [0.05, 0.1) is 12.2 Å². The molecule has 128 valence electrons. The van der Waals surface area contributed by atoms with Crippen molar-refractivity contribution in [2.45, 2.75) is 46.5 Å². The van der Waals surface area contributed by atoms with Crippen molar-refractivity contribution in [1.29, 1.82) is 0 Å². The molecule has 0 atom stereocenters.